The molecule has 3 rings (SSSR count). The minimum absolute atomic E-state index is 0.167. The lowest BCUT2D eigenvalue weighted by atomic mass is 10.1. The van der Waals surface area contributed by atoms with E-state index in [1.807, 2.05) is 0 Å². The minimum Gasteiger partial charge on any atom is -0.467 e. The van der Waals surface area contributed by atoms with Crippen molar-refractivity contribution < 1.29 is 36.6 Å². The van der Waals surface area contributed by atoms with Crippen LogP contribution in [-0.4, -0.2) is 58.9 Å². The molecule has 0 aliphatic carbocycles. The molecule has 1 aliphatic rings. The quantitative estimate of drug-likeness (QED) is 0.464. The number of methoxy groups -OCH3 is 1. The molecule has 0 bridgehead atoms. The van der Waals surface area contributed by atoms with Crippen molar-refractivity contribution in [1.29, 1.82) is 0 Å². The van der Waals surface area contributed by atoms with Crippen molar-refractivity contribution in [2.24, 2.45) is 7.05 Å². The number of carbonyl (C=O) groups excluding carboxylic acids is 2. The first kappa shape index (κ1) is 27.2. The van der Waals surface area contributed by atoms with Crippen LogP contribution in [0, 0.1) is 5.82 Å². The summed E-state index contributed by atoms with van der Waals surface area (Å²) in [6.07, 6.45) is -4.41. The van der Waals surface area contributed by atoms with Gasteiger partial charge in [0.25, 0.3) is 5.56 Å². The number of benzene rings is 1. The van der Waals surface area contributed by atoms with E-state index in [0.29, 0.717) is 12.8 Å². The number of hydrogen-bond donors (Lipinski definition) is 1. The van der Waals surface area contributed by atoms with Gasteiger partial charge < -0.3 is 19.7 Å². The Bertz CT molecular complexity index is 1280. The number of urea groups is 1. The Morgan fingerprint density at radius 1 is 1.17 bits per heavy atom. The fourth-order valence-corrected chi connectivity index (χ4v) is 3.79. The molecule has 0 saturated carbocycles. The molecule has 1 aromatic heterocycles. The van der Waals surface area contributed by atoms with Crippen molar-refractivity contribution in [3.05, 3.63) is 55.6 Å². The van der Waals surface area contributed by atoms with Crippen LogP contribution in [0.5, 0.6) is 0 Å². The molecular weight excluding hydrogens is 516 g/mol. The number of piperidine rings is 1. The van der Waals surface area contributed by atoms with Gasteiger partial charge in [-0.25, -0.2) is 23.3 Å². The van der Waals surface area contributed by atoms with Crippen LogP contribution in [0.4, 0.5) is 28.0 Å². The van der Waals surface area contributed by atoms with E-state index in [1.54, 1.807) is 0 Å². The molecule has 1 aliphatic heterocycles. The van der Waals surface area contributed by atoms with Gasteiger partial charge in [0, 0.05) is 26.2 Å². The highest BCUT2D eigenvalue weighted by atomic mass is 35.5. The summed E-state index contributed by atoms with van der Waals surface area (Å²) in [6, 6.07) is 1.15. The van der Waals surface area contributed by atoms with Gasteiger partial charge in [-0.05, 0) is 25.0 Å². The van der Waals surface area contributed by atoms with Crippen molar-refractivity contribution in [3.63, 3.8) is 0 Å². The Labute approximate surface area is 206 Å². The van der Waals surface area contributed by atoms with Gasteiger partial charge in [0.15, 0.2) is 0 Å². The first-order valence-corrected chi connectivity index (χ1v) is 10.8. The number of halogens is 5. The summed E-state index contributed by atoms with van der Waals surface area (Å²) in [5, 5.41) is 2.18. The standard InChI is InChI=1S/C21H21ClF4N4O6/c1-28-16(21(24,25)26)9-17(31)30(20(28)34)15-8-14(12(22)7-13(15)23)27-19(33)29-5-3-11(4-6-29)36-10-18(32)35-2/h7-9,11H,3-6,10H2,1-2H3,(H,27,33). The Morgan fingerprint density at radius 2 is 1.81 bits per heavy atom. The zero-order chi connectivity index (χ0) is 26.8. The minimum atomic E-state index is -4.98. The van der Waals surface area contributed by atoms with Crippen LogP contribution in [0.15, 0.2) is 27.8 Å². The molecule has 36 heavy (non-hydrogen) atoms. The van der Waals surface area contributed by atoms with Crippen molar-refractivity contribution in [1.82, 2.24) is 14.0 Å². The fourth-order valence-electron chi connectivity index (χ4n) is 3.59. The third-order valence-electron chi connectivity index (χ3n) is 5.52. The van der Waals surface area contributed by atoms with E-state index in [-0.39, 0.29) is 51.7 Å². The average Bonchev–Trinajstić information content (AvgIpc) is 2.82. The van der Waals surface area contributed by atoms with Crippen molar-refractivity contribution in [2.45, 2.75) is 25.1 Å². The molecule has 1 fully saturated rings. The van der Waals surface area contributed by atoms with E-state index < -0.39 is 46.6 Å². The van der Waals surface area contributed by atoms with Gasteiger partial charge in [0.1, 0.15) is 18.1 Å². The number of nitrogens with one attached hydrogen (secondary N) is 1. The molecule has 2 amide bonds. The average molecular weight is 537 g/mol. The van der Waals surface area contributed by atoms with Gasteiger partial charge in [-0.2, -0.15) is 13.2 Å². The number of nitrogens with zero attached hydrogens (tertiary/aromatic N) is 3. The number of rotatable bonds is 5. The summed E-state index contributed by atoms with van der Waals surface area (Å²) in [5.74, 6) is -1.69. The van der Waals surface area contributed by atoms with Crippen molar-refractivity contribution in [3.8, 4) is 5.69 Å². The zero-order valence-electron chi connectivity index (χ0n) is 19.0. The van der Waals surface area contributed by atoms with E-state index in [9.17, 15) is 36.7 Å². The van der Waals surface area contributed by atoms with E-state index in [1.165, 1.54) is 12.0 Å². The molecule has 1 saturated heterocycles. The number of carbonyl (C=O) groups is 2. The second kappa shape index (κ2) is 10.7. The van der Waals surface area contributed by atoms with Crippen LogP contribution >= 0.6 is 11.6 Å². The smallest absolute Gasteiger partial charge is 0.431 e. The number of ether oxygens (including phenoxy) is 2. The maximum absolute atomic E-state index is 14.6. The summed E-state index contributed by atoms with van der Waals surface area (Å²) < 4.78 is 64.2. The second-order valence-electron chi connectivity index (χ2n) is 7.83. The number of hydrogen-bond acceptors (Lipinski definition) is 6. The lowest BCUT2D eigenvalue weighted by Crippen LogP contribution is -2.43. The van der Waals surface area contributed by atoms with Crippen LogP contribution in [0.3, 0.4) is 0 Å². The molecule has 0 spiro atoms. The molecule has 0 radical (unpaired) electrons. The lowest BCUT2D eigenvalue weighted by Gasteiger charge is -2.31. The lowest BCUT2D eigenvalue weighted by molar-refractivity contribution is -0.148. The maximum atomic E-state index is 14.6. The molecule has 0 unspecified atom stereocenters. The Balaban J connectivity index is 1.82. The third kappa shape index (κ3) is 5.87. The summed E-state index contributed by atoms with van der Waals surface area (Å²) in [6.45, 7) is 0.286. The molecule has 1 N–H and O–H groups in total. The fraction of sp³-hybridized carbons (Fsp3) is 0.429. The van der Waals surface area contributed by atoms with E-state index in [0.717, 1.165) is 19.2 Å². The zero-order valence-corrected chi connectivity index (χ0v) is 19.8. The first-order chi connectivity index (χ1) is 16.8. The largest absolute Gasteiger partial charge is 0.467 e. The predicted octanol–water partition coefficient (Wildman–Crippen LogP) is 2.53. The number of amides is 2. The van der Waals surface area contributed by atoms with E-state index >= 15 is 0 Å². The summed E-state index contributed by atoms with van der Waals surface area (Å²) >= 11 is 6.02. The first-order valence-electron chi connectivity index (χ1n) is 10.5. The molecule has 2 aromatic rings. The molecule has 196 valence electrons. The van der Waals surface area contributed by atoms with Crippen LogP contribution in [-0.2, 0) is 27.5 Å². The highest BCUT2D eigenvalue weighted by Crippen LogP contribution is 2.29. The van der Waals surface area contributed by atoms with Crippen molar-refractivity contribution in [2.75, 3.05) is 32.1 Å². The van der Waals surface area contributed by atoms with Crippen LogP contribution in [0.25, 0.3) is 5.69 Å². The highest BCUT2D eigenvalue weighted by Gasteiger charge is 2.35. The van der Waals surface area contributed by atoms with Gasteiger partial charge in [-0.1, -0.05) is 11.6 Å². The monoisotopic (exact) mass is 536 g/mol. The van der Waals surface area contributed by atoms with Crippen LogP contribution in [0.1, 0.15) is 18.5 Å². The number of esters is 1. The third-order valence-corrected chi connectivity index (χ3v) is 5.84. The number of anilines is 1. The molecule has 0 atom stereocenters. The molecule has 10 nitrogen and oxygen atoms in total. The summed E-state index contributed by atoms with van der Waals surface area (Å²) in [5.41, 5.74) is -5.23. The van der Waals surface area contributed by atoms with E-state index in [4.69, 9.17) is 16.3 Å². The Morgan fingerprint density at radius 3 is 2.39 bits per heavy atom. The van der Waals surface area contributed by atoms with Gasteiger partial charge in [0.2, 0.25) is 0 Å². The predicted molar refractivity (Wildman–Crippen MR) is 119 cm³/mol. The molecule has 15 heteroatoms. The van der Waals surface area contributed by atoms with Crippen LogP contribution in [0.2, 0.25) is 5.02 Å². The number of likely N-dealkylation sites (tertiary alicyclic amines) is 1. The second-order valence-corrected chi connectivity index (χ2v) is 8.24. The topological polar surface area (TPSA) is 112 Å². The number of alkyl halides is 3. The molecular formula is C21H21ClF4N4O6. The molecule has 2 heterocycles. The van der Waals surface area contributed by atoms with Gasteiger partial charge >= 0.3 is 23.9 Å². The SMILES string of the molecule is COC(=O)COC1CCN(C(=O)Nc2cc(-n3c(=O)cc(C(F)(F)F)n(C)c3=O)c(F)cc2Cl)CC1. The van der Waals surface area contributed by atoms with E-state index in [2.05, 4.69) is 10.1 Å². The summed E-state index contributed by atoms with van der Waals surface area (Å²) in [4.78, 5) is 50.1. The van der Waals surface area contributed by atoms with Gasteiger partial charge in [-0.3, -0.25) is 9.36 Å². The Hall–Kier alpha value is -3.39. The number of aromatic nitrogens is 2. The highest BCUT2D eigenvalue weighted by molar-refractivity contribution is 6.33. The normalized spacial score (nSPS) is 14.6. The Kier molecular flexibility index (Phi) is 8.09. The van der Waals surface area contributed by atoms with Gasteiger partial charge in [-0.15, -0.1) is 0 Å². The molecule has 1 aromatic carbocycles. The maximum Gasteiger partial charge on any atom is 0.431 e. The van der Waals surface area contributed by atoms with Gasteiger partial charge in [0.05, 0.1) is 29.6 Å². The van der Waals surface area contributed by atoms with Crippen LogP contribution < -0.4 is 16.6 Å². The summed E-state index contributed by atoms with van der Waals surface area (Å²) in [7, 11) is 2.02. The van der Waals surface area contributed by atoms with Crippen molar-refractivity contribution >= 4 is 29.3 Å².